The van der Waals surface area contributed by atoms with E-state index < -0.39 is 6.04 Å². The number of benzene rings is 3. The molecule has 1 aliphatic rings. The minimum absolute atomic E-state index is 0.309. The van der Waals surface area contributed by atoms with Gasteiger partial charge in [-0.3, -0.25) is 0 Å². The smallest absolute Gasteiger partial charge is 0.319 e. The zero-order valence-electron chi connectivity index (χ0n) is 17.9. The van der Waals surface area contributed by atoms with Crippen LogP contribution in [-0.4, -0.2) is 6.03 Å². The third kappa shape index (κ3) is 4.24. The number of ether oxygens (including phenoxy) is 1. The molecular weight excluding hydrogens is 386 g/mol. The van der Waals surface area contributed by atoms with Crippen molar-refractivity contribution in [3.05, 3.63) is 89.1 Å². The van der Waals surface area contributed by atoms with Crippen molar-refractivity contribution in [2.75, 3.05) is 0 Å². The van der Waals surface area contributed by atoms with Gasteiger partial charge >= 0.3 is 6.03 Å². The van der Waals surface area contributed by atoms with Gasteiger partial charge < -0.3 is 15.4 Å². The van der Waals surface area contributed by atoms with Gasteiger partial charge in [-0.2, -0.15) is 5.26 Å². The Labute approximate surface area is 182 Å². The molecule has 1 heterocycles. The second-order valence-electron chi connectivity index (χ2n) is 8.68. The van der Waals surface area contributed by atoms with Gasteiger partial charge in [-0.05, 0) is 34.0 Å². The van der Waals surface area contributed by atoms with Crippen molar-refractivity contribution >= 4 is 16.8 Å². The normalized spacial score (nSPS) is 16.5. The number of hydrogen-bond acceptors (Lipinski definition) is 3. The lowest BCUT2D eigenvalue weighted by molar-refractivity contribution is 0.235. The minimum Gasteiger partial charge on any atom is -0.489 e. The molecule has 3 aromatic carbocycles. The number of urea groups is 1. The summed E-state index contributed by atoms with van der Waals surface area (Å²) in [5, 5.41) is 17.9. The fourth-order valence-electron chi connectivity index (χ4n) is 3.89. The van der Waals surface area contributed by atoms with E-state index in [2.05, 4.69) is 41.0 Å². The lowest BCUT2D eigenvalue weighted by Gasteiger charge is -2.33. The summed E-state index contributed by atoms with van der Waals surface area (Å²) in [7, 11) is 0. The molecule has 2 N–H and O–H groups in total. The molecule has 0 aliphatic carbocycles. The average Bonchev–Trinajstić information content (AvgIpc) is 2.76. The number of allylic oxidation sites excluding steroid dienone is 1. The maximum absolute atomic E-state index is 12.3. The first-order chi connectivity index (χ1) is 14.9. The number of nitrogens with zero attached hydrogens (tertiary/aromatic N) is 1. The van der Waals surface area contributed by atoms with Crippen LogP contribution >= 0.6 is 0 Å². The maximum Gasteiger partial charge on any atom is 0.319 e. The minimum atomic E-state index is -0.519. The van der Waals surface area contributed by atoms with Crippen LogP contribution in [0, 0.1) is 16.7 Å². The van der Waals surface area contributed by atoms with Crippen molar-refractivity contribution in [3.8, 4) is 11.8 Å². The summed E-state index contributed by atoms with van der Waals surface area (Å²) in [6.45, 7) is 6.36. The highest BCUT2D eigenvalue weighted by molar-refractivity contribution is 5.85. The first-order valence-electron chi connectivity index (χ1n) is 10.3. The third-order valence-electron chi connectivity index (χ3n) is 5.41. The van der Waals surface area contributed by atoms with Crippen molar-refractivity contribution < 1.29 is 9.53 Å². The fourth-order valence-corrected chi connectivity index (χ4v) is 3.89. The molecule has 0 bridgehead atoms. The van der Waals surface area contributed by atoms with Crippen LogP contribution in [0.2, 0.25) is 0 Å². The molecule has 1 aliphatic heterocycles. The Kier molecular flexibility index (Phi) is 5.39. The molecule has 5 heteroatoms. The van der Waals surface area contributed by atoms with Crippen LogP contribution in [0.4, 0.5) is 4.79 Å². The summed E-state index contributed by atoms with van der Waals surface area (Å²) in [6, 6.07) is 23.4. The Morgan fingerprint density at radius 1 is 1.03 bits per heavy atom. The first kappa shape index (κ1) is 20.5. The van der Waals surface area contributed by atoms with Gasteiger partial charge in [0.1, 0.15) is 12.4 Å². The van der Waals surface area contributed by atoms with E-state index in [0.29, 0.717) is 23.6 Å². The molecule has 0 aromatic heterocycles. The monoisotopic (exact) mass is 411 g/mol. The number of nitrogens with one attached hydrogen (secondary N) is 2. The predicted molar refractivity (Wildman–Crippen MR) is 121 cm³/mol. The lowest BCUT2D eigenvalue weighted by Crippen LogP contribution is -2.46. The number of carbonyl (C=O) groups is 1. The Balaban J connectivity index is 1.62. The van der Waals surface area contributed by atoms with E-state index in [-0.39, 0.29) is 11.4 Å². The van der Waals surface area contributed by atoms with Gasteiger partial charge in [-0.25, -0.2) is 4.79 Å². The second kappa shape index (κ2) is 8.16. The van der Waals surface area contributed by atoms with Crippen LogP contribution in [0.15, 0.2) is 78.0 Å². The molecule has 4 rings (SSSR count). The highest BCUT2D eigenvalue weighted by Gasteiger charge is 2.33. The van der Waals surface area contributed by atoms with Crippen LogP contribution in [-0.2, 0) is 6.61 Å². The quantitative estimate of drug-likeness (QED) is 0.587. The Bertz CT molecular complexity index is 1210. The maximum atomic E-state index is 12.3. The van der Waals surface area contributed by atoms with E-state index in [1.54, 1.807) is 0 Å². The number of fused-ring (bicyclic) bond motifs is 1. The Hall–Kier alpha value is -3.78. The van der Waals surface area contributed by atoms with Gasteiger partial charge in [0.2, 0.25) is 0 Å². The Morgan fingerprint density at radius 3 is 2.55 bits per heavy atom. The summed E-state index contributed by atoms with van der Waals surface area (Å²) >= 11 is 0. The van der Waals surface area contributed by atoms with Crippen LogP contribution in [0.1, 0.15) is 37.9 Å². The van der Waals surface area contributed by atoms with Crippen molar-refractivity contribution in [3.63, 3.8) is 0 Å². The molecule has 5 nitrogen and oxygen atoms in total. The van der Waals surface area contributed by atoms with Gasteiger partial charge in [0.25, 0.3) is 0 Å². The SMILES string of the molecule is CC(C)(C)C1=C(C#N)[C@H](c2cccc(OCc3cccc4ccccc34)c2)NC(=O)N1. The number of hydrogen-bond donors (Lipinski definition) is 2. The van der Waals surface area contributed by atoms with Crippen LogP contribution < -0.4 is 15.4 Å². The summed E-state index contributed by atoms with van der Waals surface area (Å²) in [4.78, 5) is 12.3. The van der Waals surface area contributed by atoms with E-state index in [0.717, 1.165) is 16.5 Å². The van der Waals surface area contributed by atoms with Crippen LogP contribution in [0.25, 0.3) is 10.8 Å². The summed E-state index contributed by atoms with van der Waals surface area (Å²) in [5.74, 6) is 0.688. The summed E-state index contributed by atoms with van der Waals surface area (Å²) < 4.78 is 6.09. The molecule has 31 heavy (non-hydrogen) atoms. The van der Waals surface area contributed by atoms with Gasteiger partial charge in [0.15, 0.2) is 0 Å². The molecule has 0 radical (unpaired) electrons. The molecule has 1 atom stereocenters. The second-order valence-corrected chi connectivity index (χ2v) is 8.68. The van der Waals surface area contributed by atoms with E-state index in [4.69, 9.17) is 4.74 Å². The van der Waals surface area contributed by atoms with Gasteiger partial charge in [0.05, 0.1) is 17.7 Å². The Morgan fingerprint density at radius 2 is 1.77 bits per heavy atom. The van der Waals surface area contributed by atoms with Gasteiger partial charge in [-0.15, -0.1) is 0 Å². The highest BCUT2D eigenvalue weighted by atomic mass is 16.5. The zero-order valence-corrected chi connectivity index (χ0v) is 17.9. The summed E-state index contributed by atoms with van der Waals surface area (Å²) in [5.41, 5.74) is 2.71. The van der Waals surface area contributed by atoms with Crippen molar-refractivity contribution in [2.24, 2.45) is 5.41 Å². The van der Waals surface area contributed by atoms with E-state index >= 15 is 0 Å². The first-order valence-corrected chi connectivity index (χ1v) is 10.3. The van der Waals surface area contributed by atoms with Crippen LogP contribution in [0.3, 0.4) is 0 Å². The molecule has 0 unspecified atom stereocenters. The van der Waals surface area contributed by atoms with E-state index in [9.17, 15) is 10.1 Å². The molecule has 2 amide bonds. The largest absolute Gasteiger partial charge is 0.489 e. The topological polar surface area (TPSA) is 74.1 Å². The third-order valence-corrected chi connectivity index (χ3v) is 5.41. The lowest BCUT2D eigenvalue weighted by atomic mass is 9.84. The summed E-state index contributed by atoms with van der Waals surface area (Å²) in [6.07, 6.45) is 0. The average molecular weight is 412 g/mol. The molecule has 0 saturated heterocycles. The number of nitriles is 1. The number of amides is 2. The fraction of sp³-hybridized carbons (Fsp3) is 0.231. The molecular formula is C26H25N3O2. The van der Waals surface area contributed by atoms with Crippen molar-refractivity contribution in [1.29, 1.82) is 5.26 Å². The molecule has 0 saturated carbocycles. The number of carbonyl (C=O) groups excluding carboxylic acids is 1. The van der Waals surface area contributed by atoms with Crippen molar-refractivity contribution in [1.82, 2.24) is 10.6 Å². The molecule has 0 spiro atoms. The standard InChI is InChI=1S/C26H25N3O2/c1-26(2,3)24-22(15-27)23(28-25(30)29-24)18-10-7-12-20(14-18)31-16-19-11-6-9-17-8-4-5-13-21(17)19/h4-14,23H,16H2,1-3H3,(H2,28,29,30)/t23-/m0/s1. The number of rotatable bonds is 4. The van der Waals surface area contributed by atoms with E-state index in [1.807, 2.05) is 63.2 Å². The van der Waals surface area contributed by atoms with E-state index in [1.165, 1.54) is 5.39 Å². The highest BCUT2D eigenvalue weighted by Crippen LogP contribution is 2.35. The molecule has 156 valence electrons. The van der Waals surface area contributed by atoms with Crippen molar-refractivity contribution in [2.45, 2.75) is 33.4 Å². The van der Waals surface area contributed by atoms with Gasteiger partial charge in [0, 0.05) is 11.1 Å². The predicted octanol–water partition coefficient (Wildman–Crippen LogP) is 5.60. The van der Waals surface area contributed by atoms with Gasteiger partial charge in [-0.1, -0.05) is 75.4 Å². The molecule has 0 fully saturated rings. The zero-order chi connectivity index (χ0) is 22.0. The van der Waals surface area contributed by atoms with Crippen LogP contribution in [0.5, 0.6) is 5.75 Å². The molecule has 3 aromatic rings.